The van der Waals surface area contributed by atoms with E-state index in [1.54, 1.807) is 30.3 Å². The average Bonchev–Trinajstić information content (AvgIpc) is 2.26. The summed E-state index contributed by atoms with van der Waals surface area (Å²) in [5.74, 6) is -1.61. The highest BCUT2D eigenvalue weighted by Crippen LogP contribution is 2.13. The van der Waals surface area contributed by atoms with Crippen LogP contribution in [-0.4, -0.2) is 31.3 Å². The van der Waals surface area contributed by atoms with Crippen molar-refractivity contribution >= 4 is 15.8 Å². The summed E-state index contributed by atoms with van der Waals surface area (Å²) in [6.45, 7) is 0.0327. The van der Waals surface area contributed by atoms with Gasteiger partial charge in [-0.05, 0) is 18.5 Å². The Hall–Kier alpha value is -1.40. The van der Waals surface area contributed by atoms with E-state index in [0.717, 1.165) is 0 Å². The molecular formula is C11H15NO4S. The predicted molar refractivity (Wildman–Crippen MR) is 64.2 cm³/mol. The second kappa shape index (κ2) is 5.79. The zero-order valence-electron chi connectivity index (χ0n) is 9.24. The van der Waals surface area contributed by atoms with Crippen LogP contribution in [-0.2, 0) is 20.4 Å². The monoisotopic (exact) mass is 257 g/mol. The molecular weight excluding hydrogens is 242 g/mol. The van der Waals surface area contributed by atoms with Crippen LogP contribution in [0.5, 0.6) is 0 Å². The summed E-state index contributed by atoms with van der Waals surface area (Å²) in [4.78, 5) is 10.9. The van der Waals surface area contributed by atoms with Crippen molar-refractivity contribution in [2.24, 2.45) is 5.73 Å². The van der Waals surface area contributed by atoms with Gasteiger partial charge in [-0.15, -0.1) is 0 Å². The molecule has 5 nitrogen and oxygen atoms in total. The van der Waals surface area contributed by atoms with E-state index in [-0.39, 0.29) is 18.7 Å². The van der Waals surface area contributed by atoms with Crippen LogP contribution in [0.25, 0.3) is 0 Å². The predicted octanol–water partition coefficient (Wildman–Crippen LogP) is 0.403. The minimum atomic E-state index is -3.72. The maximum Gasteiger partial charge on any atom is 0.321 e. The summed E-state index contributed by atoms with van der Waals surface area (Å²) >= 11 is 0. The fraction of sp³-hybridized carbons (Fsp3) is 0.364. The number of carbonyl (C=O) groups is 1. The molecule has 0 aliphatic heterocycles. The number of carboxylic acids is 1. The lowest BCUT2D eigenvalue weighted by atomic mass is 10.2. The molecule has 1 rings (SSSR count). The molecule has 17 heavy (non-hydrogen) atoms. The maximum absolute atomic E-state index is 11.9. The van der Waals surface area contributed by atoms with Crippen molar-refractivity contribution in [3.63, 3.8) is 0 Å². The van der Waals surface area contributed by atoms with Crippen molar-refractivity contribution < 1.29 is 18.3 Å². The van der Waals surface area contributed by atoms with E-state index in [1.807, 2.05) is 0 Å². The molecule has 0 radical (unpaired) electrons. The molecule has 1 aromatic rings. The first kappa shape index (κ1) is 13.7. The van der Waals surface area contributed by atoms with Crippen LogP contribution < -0.4 is 5.73 Å². The fourth-order valence-electron chi connectivity index (χ4n) is 1.52. The number of rotatable bonds is 6. The Morgan fingerprint density at radius 3 is 2.35 bits per heavy atom. The normalized spacial score (nSPS) is 13.2. The Morgan fingerprint density at radius 1 is 1.29 bits per heavy atom. The van der Waals surface area contributed by atoms with Crippen molar-refractivity contribution in [1.29, 1.82) is 0 Å². The molecule has 0 saturated carbocycles. The quantitative estimate of drug-likeness (QED) is 0.769. The number of carboxylic acid groups (broad SMARTS) is 1. The summed E-state index contributed by atoms with van der Waals surface area (Å²) in [6, 6.07) is 8.50. The van der Waals surface area contributed by atoms with Gasteiger partial charge in [0.15, 0.2) is 15.1 Å². The fourth-order valence-corrected chi connectivity index (χ4v) is 3.18. The lowest BCUT2D eigenvalue weighted by Gasteiger charge is -2.12. The van der Waals surface area contributed by atoms with Crippen molar-refractivity contribution in [2.45, 2.75) is 17.4 Å². The van der Waals surface area contributed by atoms with Crippen LogP contribution in [0.4, 0.5) is 0 Å². The molecule has 0 aliphatic rings. The third kappa shape index (κ3) is 3.83. The van der Waals surface area contributed by atoms with E-state index in [2.05, 4.69) is 0 Å². The van der Waals surface area contributed by atoms with Gasteiger partial charge in [-0.25, -0.2) is 8.42 Å². The van der Waals surface area contributed by atoms with Crippen LogP contribution in [0.3, 0.4) is 0 Å². The third-order valence-corrected chi connectivity index (χ3v) is 4.39. The number of hydrogen-bond donors (Lipinski definition) is 2. The Morgan fingerprint density at radius 2 is 1.88 bits per heavy atom. The molecule has 1 unspecified atom stereocenters. The largest absolute Gasteiger partial charge is 0.480 e. The zero-order chi connectivity index (χ0) is 12.9. The van der Waals surface area contributed by atoms with E-state index >= 15 is 0 Å². The molecule has 6 heteroatoms. The Balaban J connectivity index is 2.90. The third-order valence-electron chi connectivity index (χ3n) is 2.35. The van der Waals surface area contributed by atoms with Crippen LogP contribution in [0.1, 0.15) is 12.0 Å². The molecule has 0 aliphatic carbocycles. The first-order valence-electron chi connectivity index (χ1n) is 5.15. The van der Waals surface area contributed by atoms with Crippen LogP contribution in [0, 0.1) is 0 Å². The van der Waals surface area contributed by atoms with Crippen LogP contribution >= 0.6 is 0 Å². The lowest BCUT2D eigenvalue weighted by molar-refractivity contribution is -0.136. The van der Waals surface area contributed by atoms with Crippen molar-refractivity contribution in [3.8, 4) is 0 Å². The van der Waals surface area contributed by atoms with E-state index in [9.17, 15) is 13.2 Å². The summed E-state index contributed by atoms with van der Waals surface area (Å²) < 4.78 is 23.8. The van der Waals surface area contributed by atoms with Gasteiger partial charge < -0.3 is 10.8 Å². The Kier molecular flexibility index (Phi) is 4.65. The molecule has 94 valence electrons. The van der Waals surface area contributed by atoms with Crippen molar-refractivity contribution in [3.05, 3.63) is 35.9 Å². The number of hydrogen-bond acceptors (Lipinski definition) is 4. The highest BCUT2D eigenvalue weighted by Gasteiger charge is 2.31. The van der Waals surface area contributed by atoms with Gasteiger partial charge >= 0.3 is 5.97 Å². The zero-order valence-corrected chi connectivity index (χ0v) is 10.1. The standard InChI is InChI=1S/C11H15NO4S/c12-7-6-10(11(13)14)17(15,16)8-9-4-2-1-3-5-9/h1-5,10H,6-8,12H2,(H,13,14). The lowest BCUT2D eigenvalue weighted by Crippen LogP contribution is -2.33. The molecule has 0 spiro atoms. The number of sulfone groups is 1. The minimum absolute atomic E-state index is 0.0327. The summed E-state index contributed by atoms with van der Waals surface area (Å²) in [7, 11) is -3.72. The minimum Gasteiger partial charge on any atom is -0.480 e. The summed E-state index contributed by atoms with van der Waals surface area (Å²) in [5, 5.41) is 7.46. The number of benzene rings is 1. The highest BCUT2D eigenvalue weighted by atomic mass is 32.2. The van der Waals surface area contributed by atoms with E-state index in [0.29, 0.717) is 5.56 Å². The number of nitrogens with two attached hydrogens (primary N) is 1. The summed E-state index contributed by atoms with van der Waals surface area (Å²) in [5.41, 5.74) is 5.81. The van der Waals surface area contributed by atoms with E-state index in [1.165, 1.54) is 0 Å². The Bertz CT molecular complexity index is 470. The average molecular weight is 257 g/mol. The molecule has 0 aromatic heterocycles. The molecule has 0 amide bonds. The van der Waals surface area contributed by atoms with Gasteiger partial charge in [0.05, 0.1) is 5.75 Å². The van der Waals surface area contributed by atoms with Gasteiger partial charge in [0.25, 0.3) is 0 Å². The molecule has 0 heterocycles. The van der Waals surface area contributed by atoms with Gasteiger partial charge in [0.2, 0.25) is 0 Å². The van der Waals surface area contributed by atoms with Crippen molar-refractivity contribution in [1.82, 2.24) is 0 Å². The van der Waals surface area contributed by atoms with Gasteiger partial charge in [-0.3, -0.25) is 4.79 Å². The molecule has 0 bridgehead atoms. The molecule has 1 atom stereocenters. The number of aliphatic carboxylic acids is 1. The smallest absolute Gasteiger partial charge is 0.321 e. The topological polar surface area (TPSA) is 97.5 Å². The van der Waals surface area contributed by atoms with Gasteiger partial charge in [0, 0.05) is 0 Å². The molecule has 1 aromatic carbocycles. The second-order valence-electron chi connectivity index (χ2n) is 3.70. The molecule has 0 saturated heterocycles. The molecule has 3 N–H and O–H groups in total. The van der Waals surface area contributed by atoms with E-state index < -0.39 is 21.1 Å². The maximum atomic E-state index is 11.9. The van der Waals surface area contributed by atoms with Crippen LogP contribution in [0.15, 0.2) is 30.3 Å². The first-order valence-corrected chi connectivity index (χ1v) is 6.87. The SMILES string of the molecule is NCCC(C(=O)O)S(=O)(=O)Cc1ccccc1. The van der Waals surface area contributed by atoms with Gasteiger partial charge in [-0.1, -0.05) is 30.3 Å². The van der Waals surface area contributed by atoms with Crippen LogP contribution in [0.2, 0.25) is 0 Å². The van der Waals surface area contributed by atoms with Crippen molar-refractivity contribution in [2.75, 3.05) is 6.54 Å². The first-order chi connectivity index (χ1) is 7.97. The Labute approximate surface area is 100 Å². The van der Waals surface area contributed by atoms with E-state index in [4.69, 9.17) is 10.8 Å². The summed E-state index contributed by atoms with van der Waals surface area (Å²) in [6.07, 6.45) is -0.0650. The van der Waals surface area contributed by atoms with Gasteiger partial charge in [0.1, 0.15) is 0 Å². The second-order valence-corrected chi connectivity index (χ2v) is 5.88. The van der Waals surface area contributed by atoms with Gasteiger partial charge in [-0.2, -0.15) is 0 Å². The highest BCUT2D eigenvalue weighted by molar-refractivity contribution is 7.92. The molecule has 0 fully saturated rings.